The standard InChI is InChI=1S/C19H17ClFNO5/c20-14-9-13(10-16-18(14)26-8-7-25-16)19(24)27-11-17(23)22-6-5-12-3-1-2-4-15(12)21/h1-4,9-10H,5-8,11H2,(H,22,23). The van der Waals surface area contributed by atoms with Crippen molar-refractivity contribution < 1.29 is 28.2 Å². The minimum atomic E-state index is -0.710. The van der Waals surface area contributed by atoms with Crippen molar-refractivity contribution in [1.29, 1.82) is 0 Å². The summed E-state index contributed by atoms with van der Waals surface area (Å²) in [7, 11) is 0. The number of amides is 1. The lowest BCUT2D eigenvalue weighted by atomic mass is 10.1. The third-order valence-electron chi connectivity index (χ3n) is 3.84. The first-order valence-electron chi connectivity index (χ1n) is 8.31. The van der Waals surface area contributed by atoms with E-state index in [9.17, 15) is 14.0 Å². The van der Waals surface area contributed by atoms with Crippen LogP contribution in [0.2, 0.25) is 5.02 Å². The van der Waals surface area contributed by atoms with Crippen molar-refractivity contribution in [2.45, 2.75) is 6.42 Å². The van der Waals surface area contributed by atoms with Crippen LogP contribution in [-0.2, 0) is 16.0 Å². The van der Waals surface area contributed by atoms with Gasteiger partial charge in [0.05, 0.1) is 10.6 Å². The van der Waals surface area contributed by atoms with E-state index in [0.29, 0.717) is 36.7 Å². The summed E-state index contributed by atoms with van der Waals surface area (Å²) < 4.78 is 29.3. The van der Waals surface area contributed by atoms with E-state index in [1.165, 1.54) is 18.2 Å². The summed E-state index contributed by atoms with van der Waals surface area (Å²) in [6.07, 6.45) is 0.337. The SMILES string of the molecule is O=C(COC(=O)c1cc(Cl)c2c(c1)OCCO2)NCCc1ccccc1F. The van der Waals surface area contributed by atoms with Gasteiger partial charge in [0, 0.05) is 6.54 Å². The summed E-state index contributed by atoms with van der Waals surface area (Å²) in [5, 5.41) is 2.80. The fraction of sp³-hybridized carbons (Fsp3) is 0.263. The van der Waals surface area contributed by atoms with Gasteiger partial charge < -0.3 is 19.5 Å². The Labute approximate surface area is 160 Å². The summed E-state index contributed by atoms with van der Waals surface area (Å²) in [5.41, 5.74) is 0.657. The molecule has 1 N–H and O–H groups in total. The van der Waals surface area contributed by atoms with Crippen molar-refractivity contribution in [2.24, 2.45) is 0 Å². The van der Waals surface area contributed by atoms with E-state index in [1.807, 2.05) is 0 Å². The van der Waals surface area contributed by atoms with Crippen LogP contribution in [0.5, 0.6) is 11.5 Å². The molecule has 1 amide bonds. The number of hydrogen-bond acceptors (Lipinski definition) is 5. The van der Waals surface area contributed by atoms with Crippen molar-refractivity contribution in [3.63, 3.8) is 0 Å². The molecule has 3 rings (SSSR count). The normalized spacial score (nSPS) is 12.4. The molecule has 1 aliphatic heterocycles. The molecule has 0 unspecified atom stereocenters. The van der Waals surface area contributed by atoms with Gasteiger partial charge in [0.15, 0.2) is 18.1 Å². The van der Waals surface area contributed by atoms with Crippen LogP contribution in [-0.4, -0.2) is 38.2 Å². The van der Waals surface area contributed by atoms with Crippen molar-refractivity contribution in [1.82, 2.24) is 5.32 Å². The second kappa shape index (κ2) is 8.73. The lowest BCUT2D eigenvalue weighted by molar-refractivity contribution is -0.124. The highest BCUT2D eigenvalue weighted by Crippen LogP contribution is 2.38. The smallest absolute Gasteiger partial charge is 0.338 e. The highest BCUT2D eigenvalue weighted by molar-refractivity contribution is 6.32. The molecular formula is C19H17ClFNO5. The first-order valence-corrected chi connectivity index (χ1v) is 8.69. The molecule has 8 heteroatoms. The Hall–Kier alpha value is -2.80. The van der Waals surface area contributed by atoms with E-state index >= 15 is 0 Å². The molecule has 0 saturated heterocycles. The number of hydrogen-bond donors (Lipinski definition) is 1. The van der Waals surface area contributed by atoms with Crippen LogP contribution in [0.4, 0.5) is 4.39 Å². The van der Waals surface area contributed by atoms with Gasteiger partial charge in [-0.25, -0.2) is 9.18 Å². The first-order chi connectivity index (χ1) is 13.0. The van der Waals surface area contributed by atoms with Crippen molar-refractivity contribution in [3.05, 3.63) is 58.4 Å². The molecule has 2 aromatic carbocycles. The van der Waals surface area contributed by atoms with E-state index in [0.717, 1.165) is 0 Å². The second-order valence-corrected chi connectivity index (χ2v) is 6.16. The van der Waals surface area contributed by atoms with Gasteiger partial charge in [0.2, 0.25) is 0 Å². The molecule has 0 spiro atoms. The van der Waals surface area contributed by atoms with E-state index in [-0.39, 0.29) is 22.9 Å². The Bertz CT molecular complexity index is 858. The molecule has 1 heterocycles. The van der Waals surface area contributed by atoms with Crippen LogP contribution in [0.3, 0.4) is 0 Å². The maximum atomic E-state index is 13.5. The van der Waals surface area contributed by atoms with Crippen LogP contribution in [0, 0.1) is 5.82 Å². The number of halogens is 2. The second-order valence-electron chi connectivity index (χ2n) is 5.75. The Balaban J connectivity index is 1.48. The predicted octanol–water partition coefficient (Wildman–Crippen LogP) is 2.77. The van der Waals surface area contributed by atoms with E-state index in [2.05, 4.69) is 5.32 Å². The monoisotopic (exact) mass is 393 g/mol. The van der Waals surface area contributed by atoms with Crippen LogP contribution < -0.4 is 14.8 Å². The highest BCUT2D eigenvalue weighted by atomic mass is 35.5. The van der Waals surface area contributed by atoms with Gasteiger partial charge in [-0.15, -0.1) is 0 Å². The Morgan fingerprint density at radius 2 is 1.96 bits per heavy atom. The van der Waals surface area contributed by atoms with E-state index in [1.54, 1.807) is 18.2 Å². The average Bonchev–Trinajstić information content (AvgIpc) is 2.67. The molecular weight excluding hydrogens is 377 g/mol. The number of fused-ring (bicyclic) bond motifs is 1. The van der Waals surface area contributed by atoms with Gasteiger partial charge >= 0.3 is 5.97 Å². The largest absolute Gasteiger partial charge is 0.486 e. The Kier molecular flexibility index (Phi) is 6.13. The van der Waals surface area contributed by atoms with Crippen LogP contribution >= 0.6 is 11.6 Å². The zero-order valence-electron chi connectivity index (χ0n) is 14.3. The molecule has 0 aromatic heterocycles. The number of benzene rings is 2. The number of ether oxygens (including phenoxy) is 3. The maximum absolute atomic E-state index is 13.5. The number of carbonyl (C=O) groups is 2. The van der Waals surface area contributed by atoms with Crippen molar-refractivity contribution in [2.75, 3.05) is 26.4 Å². The molecule has 2 aromatic rings. The lowest BCUT2D eigenvalue weighted by Crippen LogP contribution is -2.30. The molecule has 142 valence electrons. The van der Waals surface area contributed by atoms with Crippen LogP contribution in [0.15, 0.2) is 36.4 Å². The van der Waals surface area contributed by atoms with Gasteiger partial charge in [-0.1, -0.05) is 29.8 Å². The number of carbonyl (C=O) groups excluding carboxylic acids is 2. The molecule has 27 heavy (non-hydrogen) atoms. The van der Waals surface area contributed by atoms with Gasteiger partial charge in [-0.2, -0.15) is 0 Å². The Morgan fingerprint density at radius 3 is 2.78 bits per heavy atom. The van der Waals surface area contributed by atoms with E-state index in [4.69, 9.17) is 25.8 Å². The summed E-state index contributed by atoms with van der Waals surface area (Å²) in [4.78, 5) is 23.9. The minimum absolute atomic E-state index is 0.156. The zero-order valence-corrected chi connectivity index (χ0v) is 15.1. The van der Waals surface area contributed by atoms with E-state index < -0.39 is 18.5 Å². The molecule has 1 aliphatic rings. The molecule has 0 aliphatic carbocycles. The lowest BCUT2D eigenvalue weighted by Gasteiger charge is -2.19. The van der Waals surface area contributed by atoms with Crippen molar-refractivity contribution >= 4 is 23.5 Å². The molecule has 6 nitrogen and oxygen atoms in total. The fourth-order valence-electron chi connectivity index (χ4n) is 2.53. The topological polar surface area (TPSA) is 73.9 Å². The number of esters is 1. The van der Waals surface area contributed by atoms with Crippen LogP contribution in [0.1, 0.15) is 15.9 Å². The average molecular weight is 394 g/mol. The fourth-order valence-corrected chi connectivity index (χ4v) is 2.80. The van der Waals surface area contributed by atoms with Gasteiger partial charge in [0.25, 0.3) is 5.91 Å². The number of nitrogens with one attached hydrogen (secondary N) is 1. The predicted molar refractivity (Wildman–Crippen MR) is 95.8 cm³/mol. The van der Waals surface area contributed by atoms with Crippen molar-refractivity contribution in [3.8, 4) is 11.5 Å². The summed E-state index contributed by atoms with van der Waals surface area (Å²) in [6, 6.07) is 9.18. The molecule has 0 fully saturated rings. The van der Waals surface area contributed by atoms with Gasteiger partial charge in [-0.3, -0.25) is 4.79 Å². The highest BCUT2D eigenvalue weighted by Gasteiger charge is 2.20. The third-order valence-corrected chi connectivity index (χ3v) is 4.12. The third kappa shape index (κ3) is 4.89. The minimum Gasteiger partial charge on any atom is -0.486 e. The first kappa shape index (κ1) is 19.0. The molecule has 0 atom stereocenters. The summed E-state index contributed by atoms with van der Waals surface area (Å²) in [6.45, 7) is 0.505. The number of rotatable bonds is 6. The molecule has 0 radical (unpaired) electrons. The molecule has 0 bridgehead atoms. The Morgan fingerprint density at radius 1 is 1.19 bits per heavy atom. The maximum Gasteiger partial charge on any atom is 0.338 e. The summed E-state index contributed by atoms with van der Waals surface area (Å²) in [5.74, 6) is -0.782. The van der Waals surface area contributed by atoms with Crippen LogP contribution in [0.25, 0.3) is 0 Å². The van der Waals surface area contributed by atoms with Gasteiger partial charge in [0.1, 0.15) is 19.0 Å². The van der Waals surface area contributed by atoms with Gasteiger partial charge in [-0.05, 0) is 30.2 Å². The quantitative estimate of drug-likeness (QED) is 0.764. The zero-order chi connectivity index (χ0) is 19.2. The summed E-state index contributed by atoms with van der Waals surface area (Å²) >= 11 is 6.07. The molecule has 0 saturated carbocycles.